The van der Waals surface area contributed by atoms with Crippen molar-refractivity contribution < 1.29 is 9.53 Å². The van der Waals surface area contributed by atoms with Crippen molar-refractivity contribution in [3.63, 3.8) is 0 Å². The van der Waals surface area contributed by atoms with Gasteiger partial charge in [0.2, 0.25) is 0 Å². The summed E-state index contributed by atoms with van der Waals surface area (Å²) in [5, 5.41) is 0. The molecular formula is C13H19NO2. The van der Waals surface area contributed by atoms with Crippen LogP contribution in [-0.2, 0) is 9.53 Å². The van der Waals surface area contributed by atoms with Gasteiger partial charge in [-0.25, -0.2) is 0 Å². The van der Waals surface area contributed by atoms with Gasteiger partial charge in [-0.3, -0.25) is 4.79 Å². The fourth-order valence-electron chi connectivity index (χ4n) is 1.09. The van der Waals surface area contributed by atoms with Crippen LogP contribution < -0.4 is 0 Å². The highest BCUT2D eigenvalue weighted by atomic mass is 16.5. The maximum absolute atomic E-state index is 11.8. The molecule has 0 aromatic rings. The zero-order valence-corrected chi connectivity index (χ0v) is 10.2. The molecule has 88 valence electrons. The molecule has 0 spiro atoms. The molecule has 0 rings (SSSR count). The number of hydrogen-bond donors (Lipinski definition) is 0. The van der Waals surface area contributed by atoms with Crippen molar-refractivity contribution in [1.82, 2.24) is 4.90 Å². The fraction of sp³-hybridized carbons (Fsp3) is 0.308. The van der Waals surface area contributed by atoms with Gasteiger partial charge in [-0.15, -0.1) is 0 Å². The Morgan fingerprint density at radius 2 is 2.06 bits per heavy atom. The topological polar surface area (TPSA) is 29.5 Å². The molecule has 0 saturated carbocycles. The first-order chi connectivity index (χ1) is 7.60. The Kier molecular flexibility index (Phi) is 6.68. The molecule has 0 fully saturated rings. The van der Waals surface area contributed by atoms with Gasteiger partial charge in [-0.05, 0) is 24.8 Å². The van der Waals surface area contributed by atoms with Gasteiger partial charge in [0.05, 0.1) is 7.11 Å². The maximum Gasteiger partial charge on any atom is 0.253 e. The van der Waals surface area contributed by atoms with E-state index in [-0.39, 0.29) is 5.91 Å². The summed E-state index contributed by atoms with van der Waals surface area (Å²) in [7, 11) is 3.23. The quantitative estimate of drug-likeness (QED) is 0.392. The number of rotatable bonds is 6. The lowest BCUT2D eigenvalue weighted by Gasteiger charge is -2.13. The molecule has 0 heterocycles. The van der Waals surface area contributed by atoms with E-state index in [0.29, 0.717) is 17.8 Å². The highest BCUT2D eigenvalue weighted by Crippen LogP contribution is 2.10. The van der Waals surface area contributed by atoms with E-state index >= 15 is 0 Å². The van der Waals surface area contributed by atoms with Crippen LogP contribution in [0.1, 0.15) is 13.3 Å². The second-order valence-electron chi connectivity index (χ2n) is 3.13. The lowest BCUT2D eigenvalue weighted by Crippen LogP contribution is -2.22. The number of hydrogen-bond acceptors (Lipinski definition) is 2. The van der Waals surface area contributed by atoms with Crippen LogP contribution in [-0.4, -0.2) is 25.0 Å². The molecule has 0 aliphatic heterocycles. The van der Waals surface area contributed by atoms with Gasteiger partial charge in [-0.1, -0.05) is 26.2 Å². The van der Waals surface area contributed by atoms with E-state index in [1.54, 1.807) is 32.4 Å². The summed E-state index contributed by atoms with van der Waals surface area (Å²) in [5.41, 5.74) is 0.664. The van der Waals surface area contributed by atoms with Gasteiger partial charge in [0.25, 0.3) is 5.91 Å². The third-order valence-electron chi connectivity index (χ3n) is 2.08. The Labute approximate surface area is 97.4 Å². The molecular weight excluding hydrogens is 202 g/mol. The number of carbonyl (C=O) groups excluding carboxylic acids is 1. The van der Waals surface area contributed by atoms with Crippen LogP contribution in [0.4, 0.5) is 0 Å². The first-order valence-electron chi connectivity index (χ1n) is 5.07. The summed E-state index contributed by atoms with van der Waals surface area (Å²) in [4.78, 5) is 13.3. The number of nitrogens with zero attached hydrogens (tertiary/aromatic N) is 1. The summed E-state index contributed by atoms with van der Waals surface area (Å²) >= 11 is 0. The minimum atomic E-state index is -0.0792. The number of methoxy groups -OCH3 is 1. The van der Waals surface area contributed by atoms with Gasteiger partial charge in [0, 0.05) is 12.6 Å². The number of likely N-dealkylation sites (N-methyl/N-ethyl adjacent to an activating group) is 1. The van der Waals surface area contributed by atoms with Crippen molar-refractivity contribution in [3.8, 4) is 0 Å². The number of amides is 1. The van der Waals surface area contributed by atoms with Crippen LogP contribution >= 0.6 is 0 Å². The molecule has 0 bridgehead atoms. The van der Waals surface area contributed by atoms with Gasteiger partial charge < -0.3 is 9.64 Å². The van der Waals surface area contributed by atoms with E-state index in [2.05, 4.69) is 13.2 Å². The zero-order valence-electron chi connectivity index (χ0n) is 10.2. The first-order valence-corrected chi connectivity index (χ1v) is 5.07. The Balaban J connectivity index is 5.04. The highest BCUT2D eigenvalue weighted by molar-refractivity contribution is 5.94. The average Bonchev–Trinajstić information content (AvgIpc) is 2.32. The molecule has 16 heavy (non-hydrogen) atoms. The molecule has 0 N–H and O–H groups in total. The van der Waals surface area contributed by atoms with Crippen LogP contribution in [0.3, 0.4) is 0 Å². The Morgan fingerprint density at radius 1 is 1.44 bits per heavy atom. The second-order valence-corrected chi connectivity index (χ2v) is 3.13. The van der Waals surface area contributed by atoms with Crippen molar-refractivity contribution in [2.45, 2.75) is 13.3 Å². The summed E-state index contributed by atoms with van der Waals surface area (Å²) < 4.78 is 5.10. The predicted molar refractivity (Wildman–Crippen MR) is 66.6 cm³/mol. The Hall–Kier alpha value is -1.77. The molecule has 3 nitrogen and oxygen atoms in total. The molecule has 0 aromatic carbocycles. The number of allylic oxidation sites excluding steroid dienone is 3. The van der Waals surface area contributed by atoms with E-state index < -0.39 is 0 Å². The van der Waals surface area contributed by atoms with Crippen molar-refractivity contribution in [1.29, 1.82) is 0 Å². The van der Waals surface area contributed by atoms with E-state index in [0.717, 1.165) is 0 Å². The van der Waals surface area contributed by atoms with E-state index in [4.69, 9.17) is 4.74 Å². The van der Waals surface area contributed by atoms with Crippen LogP contribution in [0.15, 0.2) is 48.9 Å². The molecule has 1 amide bonds. The minimum absolute atomic E-state index is 0.0792. The van der Waals surface area contributed by atoms with Crippen LogP contribution in [0.2, 0.25) is 0 Å². The highest BCUT2D eigenvalue weighted by Gasteiger charge is 2.11. The average molecular weight is 221 g/mol. The number of carbonyl (C=O) groups is 1. The summed E-state index contributed by atoms with van der Waals surface area (Å²) in [6, 6.07) is 0. The molecule has 0 unspecified atom stereocenters. The van der Waals surface area contributed by atoms with Gasteiger partial charge in [-0.2, -0.15) is 0 Å². The van der Waals surface area contributed by atoms with Crippen LogP contribution in [0.5, 0.6) is 0 Å². The maximum atomic E-state index is 11.8. The molecule has 0 atom stereocenters. The van der Waals surface area contributed by atoms with Crippen molar-refractivity contribution >= 4 is 5.91 Å². The molecule has 0 saturated heterocycles. The standard InChI is InChI=1S/C13H19NO2/c1-6-9-12(16-5)10-11(7-2)13(15)14(4)8-3/h6,8-10H,1,3,7H2,2,4-5H3/b11-10+,12-9+. The molecule has 0 aliphatic rings. The summed E-state index contributed by atoms with van der Waals surface area (Å²) in [5.74, 6) is 0.530. The van der Waals surface area contributed by atoms with Gasteiger partial charge in [0.1, 0.15) is 5.76 Å². The number of ether oxygens (including phenoxy) is 1. The molecule has 3 heteroatoms. The molecule has 0 aliphatic carbocycles. The van der Waals surface area contributed by atoms with E-state index in [9.17, 15) is 4.79 Å². The van der Waals surface area contributed by atoms with Gasteiger partial charge in [0.15, 0.2) is 0 Å². The van der Waals surface area contributed by atoms with E-state index in [1.165, 1.54) is 11.1 Å². The SMILES string of the molecule is C=C/C=C(\C=C(/CC)C(=O)N(C)C=C)OC. The van der Waals surface area contributed by atoms with E-state index in [1.807, 2.05) is 6.92 Å². The Bertz CT molecular complexity index is 327. The molecule has 0 radical (unpaired) electrons. The lowest BCUT2D eigenvalue weighted by molar-refractivity contribution is -0.123. The molecule has 0 aromatic heterocycles. The third-order valence-corrected chi connectivity index (χ3v) is 2.08. The summed E-state index contributed by atoms with van der Waals surface area (Å²) in [6.07, 6.45) is 7.15. The first kappa shape index (κ1) is 14.2. The monoisotopic (exact) mass is 221 g/mol. The van der Waals surface area contributed by atoms with Crippen molar-refractivity contribution in [2.75, 3.05) is 14.2 Å². The van der Waals surface area contributed by atoms with Gasteiger partial charge >= 0.3 is 0 Å². The van der Waals surface area contributed by atoms with Crippen molar-refractivity contribution in [2.24, 2.45) is 0 Å². The van der Waals surface area contributed by atoms with Crippen molar-refractivity contribution in [3.05, 3.63) is 48.9 Å². The normalized spacial score (nSPS) is 11.9. The Morgan fingerprint density at radius 3 is 2.44 bits per heavy atom. The van der Waals surface area contributed by atoms with Crippen LogP contribution in [0.25, 0.3) is 0 Å². The smallest absolute Gasteiger partial charge is 0.253 e. The lowest BCUT2D eigenvalue weighted by atomic mass is 10.1. The summed E-state index contributed by atoms with van der Waals surface area (Å²) in [6.45, 7) is 9.05. The predicted octanol–water partition coefficient (Wildman–Crippen LogP) is 2.64. The third kappa shape index (κ3) is 4.17. The van der Waals surface area contributed by atoms with Crippen LogP contribution in [0, 0.1) is 0 Å². The largest absolute Gasteiger partial charge is 0.497 e. The fourth-order valence-corrected chi connectivity index (χ4v) is 1.09. The second kappa shape index (κ2) is 7.51. The minimum Gasteiger partial charge on any atom is -0.497 e. The zero-order chi connectivity index (χ0) is 12.6.